The largest absolute Gasteiger partial charge is 0.305 e. The Morgan fingerprint density at radius 2 is 2.07 bits per heavy atom. The first-order valence-corrected chi connectivity index (χ1v) is 5.71. The lowest BCUT2D eigenvalue weighted by atomic mass is 9.85. The molecule has 1 saturated carbocycles. The SMILES string of the molecule is CC(C)C(C#N)CN(C)CC1CCC1. The zero-order valence-corrected chi connectivity index (χ0v) is 9.66. The lowest BCUT2D eigenvalue weighted by molar-refractivity contribution is 0.185. The van der Waals surface area contributed by atoms with Crippen LogP contribution in [-0.4, -0.2) is 25.0 Å². The van der Waals surface area contributed by atoms with Crippen molar-refractivity contribution in [2.45, 2.75) is 33.1 Å². The molecule has 0 bridgehead atoms. The Balaban J connectivity index is 2.23. The molecule has 1 fully saturated rings. The second kappa shape index (κ2) is 5.36. The highest BCUT2D eigenvalue weighted by Crippen LogP contribution is 2.27. The average molecular weight is 194 g/mol. The molecule has 0 aromatic carbocycles. The van der Waals surface area contributed by atoms with E-state index in [0.29, 0.717) is 5.92 Å². The van der Waals surface area contributed by atoms with Crippen molar-refractivity contribution in [1.82, 2.24) is 4.90 Å². The van der Waals surface area contributed by atoms with Gasteiger partial charge in [0.2, 0.25) is 0 Å². The predicted molar refractivity (Wildman–Crippen MR) is 58.8 cm³/mol. The molecule has 0 N–H and O–H groups in total. The van der Waals surface area contributed by atoms with Gasteiger partial charge in [0, 0.05) is 13.1 Å². The van der Waals surface area contributed by atoms with Gasteiger partial charge in [-0.1, -0.05) is 20.3 Å². The van der Waals surface area contributed by atoms with Crippen molar-refractivity contribution in [1.29, 1.82) is 5.26 Å². The van der Waals surface area contributed by atoms with Crippen LogP contribution in [0.3, 0.4) is 0 Å². The second-order valence-corrected chi connectivity index (χ2v) is 5.00. The van der Waals surface area contributed by atoms with E-state index in [4.69, 9.17) is 5.26 Å². The van der Waals surface area contributed by atoms with Crippen LogP contribution in [0.2, 0.25) is 0 Å². The van der Waals surface area contributed by atoms with E-state index in [1.54, 1.807) is 0 Å². The summed E-state index contributed by atoms with van der Waals surface area (Å²) in [6, 6.07) is 2.40. The average Bonchev–Trinajstić information content (AvgIpc) is 2.07. The molecule has 0 radical (unpaired) electrons. The number of nitriles is 1. The summed E-state index contributed by atoms with van der Waals surface area (Å²) < 4.78 is 0. The smallest absolute Gasteiger partial charge is 0.0671 e. The lowest BCUT2D eigenvalue weighted by Gasteiger charge is -2.31. The first kappa shape index (κ1) is 11.5. The molecule has 0 aromatic rings. The maximum absolute atomic E-state index is 8.97. The van der Waals surface area contributed by atoms with E-state index in [1.807, 2.05) is 0 Å². The summed E-state index contributed by atoms with van der Waals surface area (Å²) in [6.07, 6.45) is 4.19. The topological polar surface area (TPSA) is 27.0 Å². The van der Waals surface area contributed by atoms with Gasteiger partial charge in [-0.25, -0.2) is 0 Å². The third-order valence-corrected chi connectivity index (χ3v) is 3.27. The van der Waals surface area contributed by atoms with E-state index in [2.05, 4.69) is 31.9 Å². The molecule has 1 rings (SSSR count). The molecule has 80 valence electrons. The molecule has 14 heavy (non-hydrogen) atoms. The standard InChI is InChI=1S/C12H22N2/c1-10(2)12(7-13)9-14(3)8-11-5-4-6-11/h10-12H,4-6,8-9H2,1-3H3. The third-order valence-electron chi connectivity index (χ3n) is 3.27. The number of hydrogen-bond donors (Lipinski definition) is 0. The van der Waals surface area contributed by atoms with Crippen molar-refractivity contribution < 1.29 is 0 Å². The van der Waals surface area contributed by atoms with E-state index in [9.17, 15) is 0 Å². The normalized spacial score (nSPS) is 19.4. The molecule has 0 spiro atoms. The van der Waals surface area contributed by atoms with Crippen LogP contribution in [0.5, 0.6) is 0 Å². The maximum Gasteiger partial charge on any atom is 0.0671 e. The Labute approximate surface area is 87.9 Å². The van der Waals surface area contributed by atoms with Crippen molar-refractivity contribution in [3.8, 4) is 6.07 Å². The van der Waals surface area contributed by atoms with Gasteiger partial charge >= 0.3 is 0 Å². The molecule has 1 aliphatic rings. The van der Waals surface area contributed by atoms with Gasteiger partial charge in [0.1, 0.15) is 0 Å². The van der Waals surface area contributed by atoms with Gasteiger partial charge in [-0.15, -0.1) is 0 Å². The van der Waals surface area contributed by atoms with E-state index < -0.39 is 0 Å². The molecular formula is C12H22N2. The van der Waals surface area contributed by atoms with Crippen molar-refractivity contribution in [3.05, 3.63) is 0 Å². The zero-order valence-electron chi connectivity index (χ0n) is 9.66. The van der Waals surface area contributed by atoms with Gasteiger partial charge in [0.15, 0.2) is 0 Å². The Bertz CT molecular complexity index is 201. The minimum Gasteiger partial charge on any atom is -0.305 e. The van der Waals surface area contributed by atoms with Crippen LogP contribution >= 0.6 is 0 Å². The van der Waals surface area contributed by atoms with Crippen molar-refractivity contribution >= 4 is 0 Å². The monoisotopic (exact) mass is 194 g/mol. The van der Waals surface area contributed by atoms with E-state index in [0.717, 1.165) is 12.5 Å². The highest BCUT2D eigenvalue weighted by molar-refractivity contribution is 4.87. The number of rotatable bonds is 5. The molecule has 0 heterocycles. The quantitative estimate of drug-likeness (QED) is 0.672. The van der Waals surface area contributed by atoms with Gasteiger partial charge in [-0.3, -0.25) is 0 Å². The molecular weight excluding hydrogens is 172 g/mol. The first-order chi connectivity index (χ1) is 6.63. The summed E-state index contributed by atoms with van der Waals surface area (Å²) in [6.45, 7) is 6.38. The molecule has 2 nitrogen and oxygen atoms in total. The summed E-state index contributed by atoms with van der Waals surface area (Å²) in [5, 5.41) is 8.97. The second-order valence-electron chi connectivity index (χ2n) is 5.00. The summed E-state index contributed by atoms with van der Waals surface area (Å²) in [5.74, 6) is 1.58. The van der Waals surface area contributed by atoms with Crippen molar-refractivity contribution in [2.75, 3.05) is 20.1 Å². The highest BCUT2D eigenvalue weighted by atomic mass is 15.1. The molecule has 0 aliphatic heterocycles. The number of hydrogen-bond acceptors (Lipinski definition) is 2. The van der Waals surface area contributed by atoms with Crippen LogP contribution in [-0.2, 0) is 0 Å². The minimum atomic E-state index is 0.195. The fraction of sp³-hybridized carbons (Fsp3) is 0.917. The van der Waals surface area contributed by atoms with Gasteiger partial charge in [-0.05, 0) is 31.7 Å². The van der Waals surface area contributed by atoms with Gasteiger partial charge in [0.25, 0.3) is 0 Å². The molecule has 1 atom stereocenters. The van der Waals surface area contributed by atoms with E-state index >= 15 is 0 Å². The predicted octanol–water partition coefficient (Wildman–Crippen LogP) is 2.51. The van der Waals surface area contributed by atoms with Crippen LogP contribution in [0, 0.1) is 29.1 Å². The van der Waals surface area contributed by atoms with E-state index in [-0.39, 0.29) is 5.92 Å². The van der Waals surface area contributed by atoms with Crippen LogP contribution in [0.1, 0.15) is 33.1 Å². The molecule has 0 amide bonds. The Hall–Kier alpha value is -0.550. The van der Waals surface area contributed by atoms with Crippen LogP contribution in [0.25, 0.3) is 0 Å². The fourth-order valence-electron chi connectivity index (χ4n) is 1.93. The highest BCUT2D eigenvalue weighted by Gasteiger charge is 2.21. The summed E-state index contributed by atoms with van der Waals surface area (Å²) in [5.41, 5.74) is 0. The Morgan fingerprint density at radius 3 is 2.43 bits per heavy atom. The Morgan fingerprint density at radius 1 is 1.43 bits per heavy atom. The third kappa shape index (κ3) is 3.31. The molecule has 0 saturated heterocycles. The minimum absolute atomic E-state index is 0.195. The van der Waals surface area contributed by atoms with E-state index in [1.165, 1.54) is 25.8 Å². The molecule has 0 aromatic heterocycles. The Kier molecular flexibility index (Phi) is 4.41. The molecule has 1 aliphatic carbocycles. The maximum atomic E-state index is 8.97. The summed E-state index contributed by atoms with van der Waals surface area (Å²) in [7, 11) is 2.14. The van der Waals surface area contributed by atoms with Crippen LogP contribution in [0.4, 0.5) is 0 Å². The molecule has 2 heteroatoms. The van der Waals surface area contributed by atoms with Crippen molar-refractivity contribution in [2.24, 2.45) is 17.8 Å². The fourth-order valence-corrected chi connectivity index (χ4v) is 1.93. The molecule has 1 unspecified atom stereocenters. The van der Waals surface area contributed by atoms with Gasteiger partial charge in [0.05, 0.1) is 12.0 Å². The van der Waals surface area contributed by atoms with Gasteiger partial charge < -0.3 is 4.90 Å². The lowest BCUT2D eigenvalue weighted by Crippen LogP contribution is -2.34. The van der Waals surface area contributed by atoms with Crippen molar-refractivity contribution in [3.63, 3.8) is 0 Å². The van der Waals surface area contributed by atoms with Crippen LogP contribution < -0.4 is 0 Å². The summed E-state index contributed by atoms with van der Waals surface area (Å²) in [4.78, 5) is 2.33. The van der Waals surface area contributed by atoms with Gasteiger partial charge in [-0.2, -0.15) is 5.26 Å². The number of nitrogens with zero attached hydrogens (tertiary/aromatic N) is 2. The zero-order chi connectivity index (χ0) is 10.6. The first-order valence-electron chi connectivity index (χ1n) is 5.71. The summed E-state index contributed by atoms with van der Waals surface area (Å²) >= 11 is 0. The van der Waals surface area contributed by atoms with Crippen LogP contribution in [0.15, 0.2) is 0 Å².